The minimum atomic E-state index is -0.0893. The van der Waals surface area contributed by atoms with Crippen molar-refractivity contribution in [1.29, 1.82) is 0 Å². The summed E-state index contributed by atoms with van der Waals surface area (Å²) >= 11 is 0. The molecule has 3 heteroatoms. The largest absolute Gasteiger partial charge is 0.321 e. The van der Waals surface area contributed by atoms with Crippen LogP contribution in [0.15, 0.2) is 66.9 Å². The van der Waals surface area contributed by atoms with Crippen LogP contribution in [-0.4, -0.2) is 17.5 Å². The number of rotatable bonds is 5. The highest BCUT2D eigenvalue weighted by molar-refractivity contribution is 5.76. The number of carbonyl (C=O) groups excluding carboxylic acids is 1. The Morgan fingerprint density at radius 3 is 2.29 bits per heavy atom. The molecule has 2 amide bonds. The van der Waals surface area contributed by atoms with Crippen molar-refractivity contribution in [3.05, 3.63) is 78.0 Å². The van der Waals surface area contributed by atoms with E-state index in [0.29, 0.717) is 13.1 Å². The zero-order chi connectivity index (χ0) is 14.9. The van der Waals surface area contributed by atoms with Gasteiger partial charge in [-0.25, -0.2) is 4.79 Å². The lowest BCUT2D eigenvalue weighted by Gasteiger charge is -2.20. The van der Waals surface area contributed by atoms with Crippen LogP contribution in [0.2, 0.25) is 0 Å². The first-order chi connectivity index (χ1) is 10.3. The molecule has 2 rings (SSSR count). The van der Waals surface area contributed by atoms with E-state index in [0.717, 1.165) is 11.1 Å². The van der Waals surface area contributed by atoms with Crippen LogP contribution >= 0.6 is 0 Å². The van der Waals surface area contributed by atoms with Crippen molar-refractivity contribution in [3.8, 4) is 0 Å². The van der Waals surface area contributed by atoms with E-state index in [1.807, 2.05) is 73.7 Å². The Kier molecular flexibility index (Phi) is 5.59. The van der Waals surface area contributed by atoms with E-state index in [2.05, 4.69) is 5.32 Å². The number of benzene rings is 2. The predicted octanol–water partition coefficient (Wildman–Crippen LogP) is 3.89. The topological polar surface area (TPSA) is 32.3 Å². The summed E-state index contributed by atoms with van der Waals surface area (Å²) in [7, 11) is 0. The van der Waals surface area contributed by atoms with Gasteiger partial charge in [0.2, 0.25) is 0 Å². The van der Waals surface area contributed by atoms with Gasteiger partial charge in [0.05, 0.1) is 0 Å². The van der Waals surface area contributed by atoms with Crippen molar-refractivity contribution in [2.75, 3.05) is 6.54 Å². The molecule has 0 aliphatic carbocycles. The molecule has 0 bridgehead atoms. The molecule has 2 aromatic rings. The van der Waals surface area contributed by atoms with Gasteiger partial charge in [0.1, 0.15) is 0 Å². The van der Waals surface area contributed by atoms with Crippen LogP contribution in [-0.2, 0) is 6.54 Å². The molecule has 0 heterocycles. The zero-order valence-corrected chi connectivity index (χ0v) is 12.2. The second kappa shape index (κ2) is 7.90. The Labute approximate surface area is 125 Å². The average Bonchev–Trinajstić information content (AvgIpc) is 2.54. The van der Waals surface area contributed by atoms with Crippen LogP contribution in [0.4, 0.5) is 4.79 Å². The van der Waals surface area contributed by atoms with Crippen molar-refractivity contribution < 1.29 is 4.79 Å². The van der Waals surface area contributed by atoms with Crippen LogP contribution in [0.1, 0.15) is 18.1 Å². The second-order valence-corrected chi connectivity index (χ2v) is 4.69. The van der Waals surface area contributed by atoms with Crippen molar-refractivity contribution in [3.63, 3.8) is 0 Å². The van der Waals surface area contributed by atoms with E-state index in [9.17, 15) is 4.79 Å². The van der Waals surface area contributed by atoms with E-state index in [1.165, 1.54) is 0 Å². The average molecular weight is 280 g/mol. The molecule has 0 aliphatic rings. The number of nitrogens with zero attached hydrogens (tertiary/aromatic N) is 1. The Bertz CT molecular complexity index is 579. The Balaban J connectivity index is 1.90. The molecule has 2 aromatic carbocycles. The minimum absolute atomic E-state index is 0.0893. The first-order valence-corrected chi connectivity index (χ1v) is 7.10. The minimum Gasteiger partial charge on any atom is -0.321 e. The van der Waals surface area contributed by atoms with Crippen molar-refractivity contribution >= 4 is 12.1 Å². The standard InChI is InChI=1S/C18H20N2O/c1-2-20(15-17-11-7-4-8-12-17)18(21)19-14-13-16-9-5-3-6-10-16/h3-14H,2,15H2,1H3,(H,19,21)/b14-13+. The lowest BCUT2D eigenvalue weighted by Crippen LogP contribution is -2.36. The fourth-order valence-electron chi connectivity index (χ4n) is 2.00. The summed E-state index contributed by atoms with van der Waals surface area (Å²) in [6.45, 7) is 3.26. The maximum Gasteiger partial charge on any atom is 0.321 e. The number of hydrogen-bond acceptors (Lipinski definition) is 1. The number of nitrogens with one attached hydrogen (secondary N) is 1. The molecule has 0 spiro atoms. The van der Waals surface area contributed by atoms with E-state index in [-0.39, 0.29) is 6.03 Å². The molecule has 0 atom stereocenters. The fraction of sp³-hybridized carbons (Fsp3) is 0.167. The highest BCUT2D eigenvalue weighted by atomic mass is 16.2. The van der Waals surface area contributed by atoms with Gasteiger partial charge in [-0.2, -0.15) is 0 Å². The third kappa shape index (κ3) is 4.80. The maximum absolute atomic E-state index is 12.1. The summed E-state index contributed by atoms with van der Waals surface area (Å²) in [5.74, 6) is 0. The lowest BCUT2D eigenvalue weighted by molar-refractivity contribution is 0.202. The number of amides is 2. The Morgan fingerprint density at radius 2 is 1.67 bits per heavy atom. The summed E-state index contributed by atoms with van der Waals surface area (Å²) in [6, 6.07) is 19.8. The molecule has 0 radical (unpaired) electrons. The smallest absolute Gasteiger partial charge is 0.321 e. The molecule has 0 saturated heterocycles. The van der Waals surface area contributed by atoms with Crippen LogP contribution in [0.25, 0.3) is 6.08 Å². The van der Waals surface area contributed by atoms with E-state index < -0.39 is 0 Å². The number of carbonyl (C=O) groups is 1. The molecule has 0 aliphatic heterocycles. The molecule has 0 unspecified atom stereocenters. The van der Waals surface area contributed by atoms with Crippen LogP contribution in [0, 0.1) is 0 Å². The summed E-state index contributed by atoms with van der Waals surface area (Å²) in [5.41, 5.74) is 2.19. The maximum atomic E-state index is 12.1. The molecule has 108 valence electrons. The van der Waals surface area contributed by atoms with Gasteiger partial charge in [-0.15, -0.1) is 0 Å². The molecule has 3 nitrogen and oxygen atoms in total. The summed E-state index contributed by atoms with van der Waals surface area (Å²) in [5, 5.41) is 2.81. The summed E-state index contributed by atoms with van der Waals surface area (Å²) in [6.07, 6.45) is 3.57. The quantitative estimate of drug-likeness (QED) is 0.885. The third-order valence-electron chi connectivity index (χ3n) is 3.17. The molecular weight excluding hydrogens is 260 g/mol. The molecule has 0 saturated carbocycles. The van der Waals surface area contributed by atoms with E-state index in [4.69, 9.17) is 0 Å². The first-order valence-electron chi connectivity index (χ1n) is 7.10. The summed E-state index contributed by atoms with van der Waals surface area (Å²) in [4.78, 5) is 13.9. The normalized spacial score (nSPS) is 10.5. The molecule has 1 N–H and O–H groups in total. The van der Waals surface area contributed by atoms with Crippen LogP contribution in [0.5, 0.6) is 0 Å². The Hall–Kier alpha value is -2.55. The second-order valence-electron chi connectivity index (χ2n) is 4.69. The monoisotopic (exact) mass is 280 g/mol. The zero-order valence-electron chi connectivity index (χ0n) is 12.2. The van der Waals surface area contributed by atoms with Crippen LogP contribution in [0.3, 0.4) is 0 Å². The summed E-state index contributed by atoms with van der Waals surface area (Å²) < 4.78 is 0. The molecular formula is C18H20N2O. The molecule has 0 aromatic heterocycles. The molecule has 0 fully saturated rings. The van der Waals surface area contributed by atoms with Crippen LogP contribution < -0.4 is 5.32 Å². The Morgan fingerprint density at radius 1 is 1.05 bits per heavy atom. The predicted molar refractivity (Wildman–Crippen MR) is 86.5 cm³/mol. The van der Waals surface area contributed by atoms with Gasteiger partial charge < -0.3 is 10.2 Å². The van der Waals surface area contributed by atoms with Crippen molar-refractivity contribution in [2.45, 2.75) is 13.5 Å². The first kappa shape index (κ1) is 14.9. The van der Waals surface area contributed by atoms with Gasteiger partial charge in [0, 0.05) is 19.3 Å². The number of hydrogen-bond donors (Lipinski definition) is 1. The van der Waals surface area contributed by atoms with Gasteiger partial charge in [-0.3, -0.25) is 0 Å². The van der Waals surface area contributed by atoms with E-state index in [1.54, 1.807) is 11.1 Å². The number of urea groups is 1. The SMILES string of the molecule is CCN(Cc1ccccc1)C(=O)N/C=C/c1ccccc1. The van der Waals surface area contributed by atoms with Gasteiger partial charge in [0.25, 0.3) is 0 Å². The van der Waals surface area contributed by atoms with Gasteiger partial charge in [0.15, 0.2) is 0 Å². The van der Waals surface area contributed by atoms with Gasteiger partial charge in [-0.05, 0) is 24.1 Å². The third-order valence-corrected chi connectivity index (χ3v) is 3.17. The highest BCUT2D eigenvalue weighted by Crippen LogP contribution is 2.05. The fourth-order valence-corrected chi connectivity index (χ4v) is 2.00. The lowest BCUT2D eigenvalue weighted by atomic mass is 10.2. The van der Waals surface area contributed by atoms with Crippen molar-refractivity contribution in [1.82, 2.24) is 10.2 Å². The van der Waals surface area contributed by atoms with E-state index >= 15 is 0 Å². The molecule has 21 heavy (non-hydrogen) atoms. The van der Waals surface area contributed by atoms with Crippen molar-refractivity contribution in [2.24, 2.45) is 0 Å². The van der Waals surface area contributed by atoms with Gasteiger partial charge >= 0.3 is 6.03 Å². The highest BCUT2D eigenvalue weighted by Gasteiger charge is 2.09. The van der Waals surface area contributed by atoms with Gasteiger partial charge in [-0.1, -0.05) is 60.7 Å².